The van der Waals surface area contributed by atoms with Gasteiger partial charge in [-0.25, -0.2) is 4.39 Å². The molecule has 90 valence electrons. The number of halogens is 2. The van der Waals surface area contributed by atoms with Gasteiger partial charge in [-0.05, 0) is 48.8 Å². The van der Waals surface area contributed by atoms with E-state index in [-0.39, 0.29) is 17.5 Å². The summed E-state index contributed by atoms with van der Waals surface area (Å²) in [5.41, 5.74) is 0.749. The molecular weight excluding hydrogens is 239 g/mol. The highest BCUT2D eigenvalue weighted by Gasteiger charge is 2.47. The third-order valence-corrected chi connectivity index (χ3v) is 4.43. The van der Waals surface area contributed by atoms with Crippen LogP contribution in [0.4, 0.5) is 4.39 Å². The molecule has 2 atom stereocenters. The van der Waals surface area contributed by atoms with Gasteiger partial charge in [0, 0.05) is 17.4 Å². The van der Waals surface area contributed by atoms with E-state index >= 15 is 0 Å². The molecule has 2 unspecified atom stereocenters. The van der Waals surface area contributed by atoms with Gasteiger partial charge in [-0.1, -0.05) is 17.7 Å². The Kier molecular flexibility index (Phi) is 2.70. The van der Waals surface area contributed by atoms with E-state index in [9.17, 15) is 9.18 Å². The van der Waals surface area contributed by atoms with Crippen LogP contribution in [0.5, 0.6) is 0 Å². The van der Waals surface area contributed by atoms with Gasteiger partial charge in [0.25, 0.3) is 0 Å². The number of fused-ring (bicyclic) bond motifs is 1. The van der Waals surface area contributed by atoms with Gasteiger partial charge in [0.05, 0.1) is 0 Å². The Morgan fingerprint density at radius 2 is 2.00 bits per heavy atom. The quantitative estimate of drug-likeness (QED) is 0.803. The third-order valence-electron chi connectivity index (χ3n) is 4.08. The Labute approximate surface area is 105 Å². The molecule has 2 aliphatic carbocycles. The minimum Gasteiger partial charge on any atom is -0.299 e. The van der Waals surface area contributed by atoms with Crippen molar-refractivity contribution < 1.29 is 9.18 Å². The fraction of sp³-hybridized carbons (Fsp3) is 0.500. The molecule has 17 heavy (non-hydrogen) atoms. The zero-order valence-electron chi connectivity index (χ0n) is 9.46. The summed E-state index contributed by atoms with van der Waals surface area (Å²) >= 11 is 5.93. The Balaban J connectivity index is 1.67. The molecule has 0 saturated heterocycles. The lowest BCUT2D eigenvalue weighted by atomic mass is 9.94. The number of benzene rings is 1. The van der Waals surface area contributed by atoms with Gasteiger partial charge in [0.2, 0.25) is 0 Å². The summed E-state index contributed by atoms with van der Waals surface area (Å²) in [7, 11) is 0. The minimum atomic E-state index is -0.353. The van der Waals surface area contributed by atoms with Crippen molar-refractivity contribution in [1.82, 2.24) is 0 Å². The zero-order valence-corrected chi connectivity index (χ0v) is 10.2. The van der Waals surface area contributed by atoms with E-state index < -0.39 is 0 Å². The van der Waals surface area contributed by atoms with E-state index in [2.05, 4.69) is 0 Å². The van der Waals surface area contributed by atoms with E-state index in [4.69, 9.17) is 11.6 Å². The summed E-state index contributed by atoms with van der Waals surface area (Å²) in [5.74, 6) is 1.76. The van der Waals surface area contributed by atoms with Crippen LogP contribution in [0.15, 0.2) is 18.2 Å². The van der Waals surface area contributed by atoms with Crippen molar-refractivity contribution in [3.63, 3.8) is 0 Å². The molecular formula is C14H14ClFO. The molecule has 0 amide bonds. The Bertz CT molecular complexity index is 461. The zero-order chi connectivity index (χ0) is 12.0. The standard InChI is InChI=1S/C14H14ClFO/c15-13-7-12(16)2-1-8(13)6-14(17)11-4-9-3-10(9)5-11/h1-2,7,9-11H,3-6H2. The highest BCUT2D eigenvalue weighted by molar-refractivity contribution is 6.31. The molecule has 3 rings (SSSR count). The molecule has 2 saturated carbocycles. The van der Waals surface area contributed by atoms with E-state index in [1.54, 1.807) is 6.07 Å². The lowest BCUT2D eigenvalue weighted by molar-refractivity contribution is -0.122. The highest BCUT2D eigenvalue weighted by atomic mass is 35.5. The van der Waals surface area contributed by atoms with Crippen LogP contribution in [0.3, 0.4) is 0 Å². The van der Waals surface area contributed by atoms with Gasteiger partial charge in [0.1, 0.15) is 11.6 Å². The molecule has 3 heteroatoms. The third kappa shape index (κ3) is 2.23. The number of carbonyl (C=O) groups excluding carboxylic acids is 1. The second-order valence-corrected chi connectivity index (χ2v) is 5.71. The van der Waals surface area contributed by atoms with E-state index in [1.165, 1.54) is 18.6 Å². The Morgan fingerprint density at radius 3 is 2.65 bits per heavy atom. The fourth-order valence-corrected chi connectivity index (χ4v) is 3.21. The van der Waals surface area contributed by atoms with Crippen LogP contribution in [0, 0.1) is 23.6 Å². The van der Waals surface area contributed by atoms with Crippen molar-refractivity contribution >= 4 is 17.4 Å². The maximum atomic E-state index is 12.9. The van der Waals surface area contributed by atoms with Crippen molar-refractivity contribution in [2.24, 2.45) is 17.8 Å². The second kappa shape index (κ2) is 4.09. The fourth-order valence-electron chi connectivity index (χ4n) is 2.97. The van der Waals surface area contributed by atoms with Crippen molar-refractivity contribution in [1.29, 1.82) is 0 Å². The second-order valence-electron chi connectivity index (χ2n) is 5.30. The molecule has 2 aliphatic rings. The minimum absolute atomic E-state index is 0.222. The Morgan fingerprint density at radius 1 is 1.29 bits per heavy atom. The molecule has 0 N–H and O–H groups in total. The van der Waals surface area contributed by atoms with Crippen molar-refractivity contribution in [3.05, 3.63) is 34.6 Å². The first-order valence-corrected chi connectivity index (χ1v) is 6.48. The first-order chi connectivity index (χ1) is 8.13. The normalized spacial score (nSPS) is 30.1. The molecule has 1 aromatic rings. The molecule has 0 radical (unpaired) electrons. The van der Waals surface area contributed by atoms with Crippen molar-refractivity contribution in [2.75, 3.05) is 0 Å². The van der Waals surface area contributed by atoms with Crippen LogP contribution in [0.1, 0.15) is 24.8 Å². The van der Waals surface area contributed by atoms with Crippen LogP contribution in [0.2, 0.25) is 5.02 Å². The number of Topliss-reactive ketones (excluding diaryl/α,β-unsaturated/α-hetero) is 1. The lowest BCUT2D eigenvalue weighted by Gasteiger charge is -2.11. The molecule has 1 nitrogen and oxygen atoms in total. The predicted octanol–water partition coefficient (Wildman–Crippen LogP) is 3.64. The average Bonchev–Trinajstić information content (AvgIpc) is 2.89. The van der Waals surface area contributed by atoms with Crippen LogP contribution < -0.4 is 0 Å². The predicted molar refractivity (Wildman–Crippen MR) is 64.4 cm³/mol. The van der Waals surface area contributed by atoms with Gasteiger partial charge in [-0.15, -0.1) is 0 Å². The number of hydrogen-bond donors (Lipinski definition) is 0. The van der Waals surface area contributed by atoms with Crippen LogP contribution in [0.25, 0.3) is 0 Å². The van der Waals surface area contributed by atoms with Crippen LogP contribution >= 0.6 is 11.6 Å². The number of carbonyl (C=O) groups is 1. The lowest BCUT2D eigenvalue weighted by Crippen LogP contribution is -2.15. The van der Waals surface area contributed by atoms with Gasteiger partial charge < -0.3 is 0 Å². The van der Waals surface area contributed by atoms with Gasteiger partial charge in [0.15, 0.2) is 0 Å². The van der Waals surface area contributed by atoms with Crippen LogP contribution in [-0.2, 0) is 11.2 Å². The number of ketones is 1. The first-order valence-electron chi connectivity index (χ1n) is 6.10. The molecule has 0 spiro atoms. The van der Waals surface area contributed by atoms with Gasteiger partial charge in [-0.3, -0.25) is 4.79 Å². The van der Waals surface area contributed by atoms with Crippen molar-refractivity contribution in [2.45, 2.75) is 25.7 Å². The summed E-state index contributed by atoms with van der Waals surface area (Å²) in [6.07, 6.45) is 3.79. The van der Waals surface area contributed by atoms with Crippen molar-refractivity contribution in [3.8, 4) is 0 Å². The molecule has 1 aromatic carbocycles. The largest absolute Gasteiger partial charge is 0.299 e. The summed E-state index contributed by atoms with van der Waals surface area (Å²) in [4.78, 5) is 12.1. The van der Waals surface area contributed by atoms with E-state index in [0.717, 1.165) is 30.2 Å². The van der Waals surface area contributed by atoms with Gasteiger partial charge in [-0.2, -0.15) is 0 Å². The van der Waals surface area contributed by atoms with Crippen LogP contribution in [-0.4, -0.2) is 5.78 Å². The monoisotopic (exact) mass is 252 g/mol. The van der Waals surface area contributed by atoms with E-state index in [0.29, 0.717) is 11.4 Å². The average molecular weight is 253 g/mol. The maximum absolute atomic E-state index is 12.9. The first kappa shape index (κ1) is 11.2. The molecule has 0 aliphatic heterocycles. The molecule has 0 bridgehead atoms. The molecule has 2 fully saturated rings. The summed E-state index contributed by atoms with van der Waals surface area (Å²) in [6.45, 7) is 0. The summed E-state index contributed by atoms with van der Waals surface area (Å²) in [6, 6.07) is 4.25. The van der Waals surface area contributed by atoms with E-state index in [1.807, 2.05) is 0 Å². The topological polar surface area (TPSA) is 17.1 Å². The SMILES string of the molecule is O=C(Cc1ccc(F)cc1Cl)C1CC2CC2C1. The Hall–Kier alpha value is -0.890. The van der Waals surface area contributed by atoms with Gasteiger partial charge >= 0.3 is 0 Å². The maximum Gasteiger partial charge on any atom is 0.140 e. The molecule has 0 aromatic heterocycles. The highest BCUT2D eigenvalue weighted by Crippen LogP contribution is 2.54. The number of rotatable bonds is 3. The molecule has 0 heterocycles. The smallest absolute Gasteiger partial charge is 0.140 e. The number of hydrogen-bond acceptors (Lipinski definition) is 1. The summed E-state index contributed by atoms with van der Waals surface area (Å²) < 4.78 is 12.9. The summed E-state index contributed by atoms with van der Waals surface area (Å²) in [5, 5.41) is 0.363.